The van der Waals surface area contributed by atoms with Crippen molar-refractivity contribution in [1.29, 1.82) is 0 Å². The maximum Gasteiger partial charge on any atom is 0.316 e. The van der Waals surface area contributed by atoms with Gasteiger partial charge >= 0.3 is 5.97 Å². The number of hydrogen-bond donors (Lipinski definition) is 1. The highest BCUT2D eigenvalue weighted by Crippen LogP contribution is 2.21. The van der Waals surface area contributed by atoms with Crippen LogP contribution in [0.3, 0.4) is 0 Å². The summed E-state index contributed by atoms with van der Waals surface area (Å²) >= 11 is 1.41. The molecular formula is C19H21NO3S. The van der Waals surface area contributed by atoms with Gasteiger partial charge in [0.25, 0.3) is 5.91 Å². The Morgan fingerprint density at radius 2 is 1.79 bits per heavy atom. The van der Waals surface area contributed by atoms with Crippen molar-refractivity contribution in [3.05, 3.63) is 59.7 Å². The van der Waals surface area contributed by atoms with Gasteiger partial charge in [0.2, 0.25) is 0 Å². The number of thioether (sulfide) groups is 1. The van der Waals surface area contributed by atoms with Gasteiger partial charge in [-0.25, -0.2) is 0 Å². The van der Waals surface area contributed by atoms with Gasteiger partial charge in [-0.05, 0) is 42.7 Å². The number of carbonyl (C=O) groups is 2. The summed E-state index contributed by atoms with van der Waals surface area (Å²) in [5.74, 6) is -0.559. The summed E-state index contributed by atoms with van der Waals surface area (Å²) in [7, 11) is 0. The highest BCUT2D eigenvalue weighted by Gasteiger charge is 2.09. The van der Waals surface area contributed by atoms with Crippen LogP contribution in [0.2, 0.25) is 0 Å². The summed E-state index contributed by atoms with van der Waals surface area (Å²) in [5, 5.41) is 2.71. The predicted octanol–water partition coefficient (Wildman–Crippen LogP) is 3.83. The minimum atomic E-state index is -0.403. The van der Waals surface area contributed by atoms with Gasteiger partial charge in [-0.15, -0.1) is 11.8 Å². The van der Waals surface area contributed by atoms with E-state index >= 15 is 0 Å². The number of hydrogen-bond acceptors (Lipinski definition) is 4. The zero-order valence-corrected chi connectivity index (χ0v) is 14.7. The van der Waals surface area contributed by atoms with Crippen molar-refractivity contribution in [2.24, 2.45) is 0 Å². The molecule has 0 aliphatic heterocycles. The summed E-state index contributed by atoms with van der Waals surface area (Å²) in [6.07, 6.45) is 0.949. The van der Waals surface area contributed by atoms with Crippen molar-refractivity contribution in [1.82, 2.24) is 0 Å². The number of aryl methyl sites for hydroxylation is 2. The molecule has 0 aliphatic rings. The summed E-state index contributed by atoms with van der Waals surface area (Å²) in [6, 6.07) is 15.4. The number of esters is 1. The van der Waals surface area contributed by atoms with Gasteiger partial charge in [-0.1, -0.05) is 37.3 Å². The van der Waals surface area contributed by atoms with Crippen molar-refractivity contribution < 1.29 is 14.3 Å². The fourth-order valence-electron chi connectivity index (χ4n) is 2.06. The smallest absolute Gasteiger partial charge is 0.316 e. The Morgan fingerprint density at radius 1 is 1.08 bits per heavy atom. The number of ether oxygens (including phenoxy) is 1. The number of carbonyl (C=O) groups excluding carboxylic acids is 2. The van der Waals surface area contributed by atoms with Crippen LogP contribution < -0.4 is 5.32 Å². The Bertz CT molecular complexity index is 698. The van der Waals surface area contributed by atoms with Crippen LogP contribution in [0.25, 0.3) is 0 Å². The van der Waals surface area contributed by atoms with E-state index in [9.17, 15) is 9.59 Å². The second-order valence-electron chi connectivity index (χ2n) is 5.31. The SMILES string of the molecule is CCc1ccc(NC(=O)COC(=O)CSc2ccccc2C)cc1. The summed E-state index contributed by atoms with van der Waals surface area (Å²) in [4.78, 5) is 24.6. The summed E-state index contributed by atoms with van der Waals surface area (Å²) in [6.45, 7) is 3.79. The molecule has 0 heterocycles. The van der Waals surface area contributed by atoms with Crippen LogP contribution in [0.5, 0.6) is 0 Å². The quantitative estimate of drug-likeness (QED) is 0.613. The molecule has 0 aromatic heterocycles. The maximum atomic E-state index is 11.8. The van der Waals surface area contributed by atoms with Gasteiger partial charge in [0.15, 0.2) is 6.61 Å². The van der Waals surface area contributed by atoms with Crippen molar-refractivity contribution in [3.63, 3.8) is 0 Å². The van der Waals surface area contributed by atoms with Crippen molar-refractivity contribution in [2.45, 2.75) is 25.2 Å². The molecular weight excluding hydrogens is 322 g/mol. The molecule has 0 spiro atoms. The van der Waals surface area contributed by atoms with Gasteiger partial charge in [-0.2, -0.15) is 0 Å². The first-order valence-corrected chi connectivity index (χ1v) is 8.80. The van der Waals surface area contributed by atoms with Crippen LogP contribution in [-0.4, -0.2) is 24.2 Å². The van der Waals surface area contributed by atoms with Crippen LogP contribution in [0.4, 0.5) is 5.69 Å². The van der Waals surface area contributed by atoms with Crippen LogP contribution >= 0.6 is 11.8 Å². The fraction of sp³-hybridized carbons (Fsp3) is 0.263. The number of benzene rings is 2. The Balaban J connectivity index is 1.72. The van der Waals surface area contributed by atoms with Crippen LogP contribution in [0.1, 0.15) is 18.1 Å². The molecule has 0 atom stereocenters. The predicted molar refractivity (Wildman–Crippen MR) is 97.3 cm³/mol. The lowest BCUT2D eigenvalue weighted by Crippen LogP contribution is -2.21. The minimum absolute atomic E-state index is 0.184. The van der Waals surface area contributed by atoms with Crippen molar-refractivity contribution >= 4 is 29.3 Å². The second kappa shape index (κ2) is 9.13. The van der Waals surface area contributed by atoms with Gasteiger partial charge in [0, 0.05) is 10.6 Å². The van der Waals surface area contributed by atoms with E-state index in [4.69, 9.17) is 4.74 Å². The van der Waals surface area contributed by atoms with Crippen molar-refractivity contribution in [3.8, 4) is 0 Å². The lowest BCUT2D eigenvalue weighted by atomic mass is 10.1. The summed E-state index contributed by atoms with van der Waals surface area (Å²) in [5.41, 5.74) is 3.01. The van der Waals surface area contributed by atoms with E-state index in [1.165, 1.54) is 17.3 Å². The summed E-state index contributed by atoms with van der Waals surface area (Å²) < 4.78 is 5.01. The molecule has 2 rings (SSSR count). The maximum absolute atomic E-state index is 11.8. The molecule has 0 fully saturated rings. The standard InChI is InChI=1S/C19H21NO3S/c1-3-15-8-10-16(11-9-15)20-18(21)12-23-19(22)13-24-17-7-5-4-6-14(17)2/h4-11H,3,12-13H2,1-2H3,(H,20,21). The average Bonchev–Trinajstić information content (AvgIpc) is 2.60. The molecule has 0 bridgehead atoms. The number of amides is 1. The Hall–Kier alpha value is -2.27. The zero-order valence-electron chi connectivity index (χ0n) is 13.9. The molecule has 5 heteroatoms. The van der Waals surface area contributed by atoms with E-state index in [2.05, 4.69) is 12.2 Å². The normalized spacial score (nSPS) is 10.2. The average molecular weight is 343 g/mol. The molecule has 1 N–H and O–H groups in total. The van der Waals surface area contributed by atoms with Gasteiger partial charge in [0.05, 0.1) is 5.75 Å². The van der Waals surface area contributed by atoms with Crippen LogP contribution in [0, 0.1) is 6.92 Å². The molecule has 0 aliphatic carbocycles. The zero-order chi connectivity index (χ0) is 17.4. The third-order valence-corrected chi connectivity index (χ3v) is 4.60. The lowest BCUT2D eigenvalue weighted by molar-refractivity contribution is -0.144. The van der Waals surface area contributed by atoms with E-state index in [-0.39, 0.29) is 18.3 Å². The molecule has 0 saturated heterocycles. The number of nitrogens with one attached hydrogen (secondary N) is 1. The number of rotatable bonds is 7. The largest absolute Gasteiger partial charge is 0.455 e. The van der Waals surface area contributed by atoms with E-state index in [0.717, 1.165) is 16.9 Å². The second-order valence-corrected chi connectivity index (χ2v) is 6.33. The van der Waals surface area contributed by atoms with Crippen molar-refractivity contribution in [2.75, 3.05) is 17.7 Å². The molecule has 2 aromatic carbocycles. The Morgan fingerprint density at radius 3 is 2.46 bits per heavy atom. The molecule has 0 saturated carbocycles. The third kappa shape index (κ3) is 5.74. The highest BCUT2D eigenvalue weighted by atomic mass is 32.2. The lowest BCUT2D eigenvalue weighted by Gasteiger charge is -2.08. The molecule has 2 aromatic rings. The first-order valence-electron chi connectivity index (χ1n) is 7.81. The Kier molecular flexibility index (Phi) is 6.88. The van der Waals surface area contributed by atoms with E-state index in [1.807, 2.05) is 55.5 Å². The first kappa shape index (κ1) is 18.1. The molecule has 0 unspecified atom stereocenters. The van der Waals surface area contributed by atoms with E-state index in [1.54, 1.807) is 0 Å². The van der Waals surface area contributed by atoms with Crippen LogP contribution in [-0.2, 0) is 20.7 Å². The fourth-order valence-corrected chi connectivity index (χ4v) is 2.89. The monoisotopic (exact) mass is 343 g/mol. The van der Waals surface area contributed by atoms with Gasteiger partial charge in [-0.3, -0.25) is 9.59 Å². The van der Waals surface area contributed by atoms with Crippen LogP contribution in [0.15, 0.2) is 53.4 Å². The third-order valence-electron chi connectivity index (χ3n) is 3.45. The van der Waals surface area contributed by atoms with E-state index in [0.29, 0.717) is 5.69 Å². The molecule has 126 valence electrons. The molecule has 1 amide bonds. The minimum Gasteiger partial charge on any atom is -0.455 e. The molecule has 4 nitrogen and oxygen atoms in total. The van der Waals surface area contributed by atoms with Gasteiger partial charge in [0.1, 0.15) is 0 Å². The number of anilines is 1. The van der Waals surface area contributed by atoms with E-state index < -0.39 is 5.97 Å². The molecule has 0 radical (unpaired) electrons. The highest BCUT2D eigenvalue weighted by molar-refractivity contribution is 8.00. The topological polar surface area (TPSA) is 55.4 Å². The molecule has 24 heavy (non-hydrogen) atoms. The Labute approximate surface area is 146 Å². The first-order chi connectivity index (χ1) is 11.6. The van der Waals surface area contributed by atoms with Gasteiger partial charge < -0.3 is 10.1 Å².